The number of hydrogen-bond acceptors (Lipinski definition) is 5. The summed E-state index contributed by atoms with van der Waals surface area (Å²) in [6, 6.07) is 7.71. The van der Waals surface area contributed by atoms with Crippen molar-refractivity contribution < 1.29 is 19.1 Å². The molecule has 6 heteroatoms. The maximum atomic E-state index is 12.6. The minimum absolute atomic E-state index is 0.133. The number of hydrogen-bond donors (Lipinski definition) is 1. The number of rotatable bonds is 7. The largest absolute Gasteiger partial charge is 0.459 e. The molecule has 0 aliphatic rings. The van der Waals surface area contributed by atoms with Crippen molar-refractivity contribution in [3.05, 3.63) is 35.9 Å². The minimum Gasteiger partial charge on any atom is -0.459 e. The summed E-state index contributed by atoms with van der Waals surface area (Å²) in [5.41, 5.74) is 5.16. The highest BCUT2D eigenvalue weighted by molar-refractivity contribution is 6.07. The van der Waals surface area contributed by atoms with E-state index in [-0.39, 0.29) is 12.4 Å². The zero-order chi connectivity index (χ0) is 18.5. The number of ketones is 1. The Labute approximate surface area is 143 Å². The van der Waals surface area contributed by atoms with Crippen molar-refractivity contribution in [1.29, 1.82) is 0 Å². The molecule has 1 aromatic carbocycles. The van der Waals surface area contributed by atoms with Crippen LogP contribution in [0.25, 0.3) is 0 Å². The number of esters is 1. The Morgan fingerprint density at radius 1 is 1.17 bits per heavy atom. The molecule has 0 spiro atoms. The number of carbonyl (C=O) groups is 3. The molecule has 0 saturated carbocycles. The summed E-state index contributed by atoms with van der Waals surface area (Å²) in [6.07, 6.45) is 0. The second-order valence-corrected chi connectivity index (χ2v) is 6.46. The maximum Gasteiger partial charge on any atom is 0.328 e. The number of Topliss-reactive ketones (excluding diaryl/α,β-unsaturated/α-hetero) is 1. The van der Waals surface area contributed by atoms with E-state index in [4.69, 9.17) is 10.5 Å². The van der Waals surface area contributed by atoms with E-state index in [1.54, 1.807) is 6.92 Å². The summed E-state index contributed by atoms with van der Waals surface area (Å²) in [6.45, 7) is 6.26. The van der Waals surface area contributed by atoms with E-state index >= 15 is 0 Å². The van der Waals surface area contributed by atoms with Crippen LogP contribution in [0.1, 0.15) is 33.3 Å². The second kappa shape index (κ2) is 8.06. The average Bonchev–Trinajstić information content (AvgIpc) is 2.57. The van der Waals surface area contributed by atoms with Gasteiger partial charge in [-0.05, 0) is 33.3 Å². The van der Waals surface area contributed by atoms with Crippen molar-refractivity contribution in [3.8, 4) is 0 Å². The lowest BCUT2D eigenvalue weighted by atomic mass is 9.83. The molecule has 24 heavy (non-hydrogen) atoms. The van der Waals surface area contributed by atoms with Crippen molar-refractivity contribution in [3.63, 3.8) is 0 Å². The van der Waals surface area contributed by atoms with E-state index < -0.39 is 29.4 Å². The Morgan fingerprint density at radius 3 is 2.21 bits per heavy atom. The molecule has 0 heterocycles. The van der Waals surface area contributed by atoms with E-state index in [1.165, 1.54) is 32.7 Å². The van der Waals surface area contributed by atoms with Crippen LogP contribution in [-0.2, 0) is 25.7 Å². The molecule has 0 fully saturated rings. The molecular formula is C18H26N2O4. The third-order valence-electron chi connectivity index (χ3n) is 4.03. The van der Waals surface area contributed by atoms with Gasteiger partial charge in [-0.3, -0.25) is 9.59 Å². The quantitative estimate of drug-likeness (QED) is 0.603. The van der Waals surface area contributed by atoms with Crippen LogP contribution in [0, 0.1) is 5.41 Å². The van der Waals surface area contributed by atoms with Crippen molar-refractivity contribution in [2.24, 2.45) is 11.1 Å². The Hall–Kier alpha value is -2.21. The highest BCUT2D eigenvalue weighted by Crippen LogP contribution is 2.22. The monoisotopic (exact) mass is 334 g/mol. The lowest BCUT2D eigenvalue weighted by Crippen LogP contribution is -2.52. The van der Waals surface area contributed by atoms with Gasteiger partial charge in [0.05, 0.1) is 6.04 Å². The fourth-order valence-electron chi connectivity index (χ4n) is 2.30. The van der Waals surface area contributed by atoms with Crippen LogP contribution in [0.15, 0.2) is 30.3 Å². The first kappa shape index (κ1) is 19.8. The minimum atomic E-state index is -1.29. The summed E-state index contributed by atoms with van der Waals surface area (Å²) < 4.78 is 5.24. The Bertz CT molecular complexity index is 596. The van der Waals surface area contributed by atoms with Gasteiger partial charge < -0.3 is 15.4 Å². The fraction of sp³-hybridized carbons (Fsp3) is 0.500. The lowest BCUT2D eigenvalue weighted by molar-refractivity contribution is -0.159. The fourth-order valence-corrected chi connectivity index (χ4v) is 2.30. The molecule has 2 N–H and O–H groups in total. The van der Waals surface area contributed by atoms with Crippen LogP contribution in [0.3, 0.4) is 0 Å². The molecule has 0 radical (unpaired) electrons. The van der Waals surface area contributed by atoms with Gasteiger partial charge in [-0.15, -0.1) is 0 Å². The Kier molecular flexibility index (Phi) is 6.66. The molecule has 0 bridgehead atoms. The van der Waals surface area contributed by atoms with Crippen molar-refractivity contribution in [1.82, 2.24) is 4.90 Å². The molecule has 0 aliphatic carbocycles. The summed E-state index contributed by atoms with van der Waals surface area (Å²) in [7, 11) is 1.48. The molecule has 0 unspecified atom stereocenters. The Balaban J connectivity index is 2.71. The van der Waals surface area contributed by atoms with Crippen LogP contribution >= 0.6 is 0 Å². The smallest absolute Gasteiger partial charge is 0.328 e. The molecule has 1 rings (SSSR count). The predicted octanol–water partition coefficient (Wildman–Crippen LogP) is 1.52. The molecule has 0 aliphatic heterocycles. The topological polar surface area (TPSA) is 89.7 Å². The molecule has 0 saturated heterocycles. The molecule has 132 valence electrons. The first-order valence-electron chi connectivity index (χ1n) is 7.86. The van der Waals surface area contributed by atoms with Gasteiger partial charge in [0.2, 0.25) is 5.91 Å². The second-order valence-electron chi connectivity index (χ2n) is 6.46. The molecule has 1 amide bonds. The van der Waals surface area contributed by atoms with E-state index in [1.807, 2.05) is 30.3 Å². The van der Waals surface area contributed by atoms with Gasteiger partial charge in [-0.1, -0.05) is 30.3 Å². The summed E-state index contributed by atoms with van der Waals surface area (Å²) in [4.78, 5) is 38.1. The van der Waals surface area contributed by atoms with E-state index in [2.05, 4.69) is 0 Å². The number of amides is 1. The normalized spacial score (nSPS) is 13.8. The van der Waals surface area contributed by atoms with Gasteiger partial charge in [0.15, 0.2) is 5.78 Å². The van der Waals surface area contributed by atoms with Crippen LogP contribution in [0.2, 0.25) is 0 Å². The summed E-state index contributed by atoms with van der Waals surface area (Å²) in [5.74, 6) is -1.36. The number of likely N-dealkylation sites (N-methyl/N-ethyl adjacent to an activating group) is 1. The van der Waals surface area contributed by atoms with Crippen molar-refractivity contribution in [2.75, 3.05) is 7.05 Å². The summed E-state index contributed by atoms with van der Waals surface area (Å²) >= 11 is 0. The van der Waals surface area contributed by atoms with E-state index in [0.717, 1.165) is 5.56 Å². The van der Waals surface area contributed by atoms with Crippen LogP contribution in [0.5, 0.6) is 0 Å². The number of ether oxygens (including phenoxy) is 1. The number of nitrogens with two attached hydrogens (primary N) is 1. The molecule has 6 nitrogen and oxygen atoms in total. The first-order valence-corrected chi connectivity index (χ1v) is 7.86. The Morgan fingerprint density at radius 2 is 1.71 bits per heavy atom. The average molecular weight is 334 g/mol. The number of carbonyl (C=O) groups excluding carboxylic acids is 3. The highest BCUT2D eigenvalue weighted by Gasteiger charge is 2.41. The zero-order valence-corrected chi connectivity index (χ0v) is 14.9. The van der Waals surface area contributed by atoms with Crippen LogP contribution < -0.4 is 5.73 Å². The lowest BCUT2D eigenvalue weighted by Gasteiger charge is -2.32. The van der Waals surface area contributed by atoms with Crippen LogP contribution in [-0.4, -0.2) is 41.7 Å². The van der Waals surface area contributed by atoms with E-state index in [0.29, 0.717) is 0 Å². The molecule has 1 aromatic rings. The molecule has 2 atom stereocenters. The number of nitrogens with zero attached hydrogens (tertiary/aromatic N) is 1. The molecular weight excluding hydrogens is 308 g/mol. The van der Waals surface area contributed by atoms with Gasteiger partial charge >= 0.3 is 5.97 Å². The highest BCUT2D eigenvalue weighted by atomic mass is 16.5. The van der Waals surface area contributed by atoms with Gasteiger partial charge in [0.25, 0.3) is 0 Å². The predicted molar refractivity (Wildman–Crippen MR) is 90.9 cm³/mol. The summed E-state index contributed by atoms with van der Waals surface area (Å²) in [5, 5.41) is 0. The number of benzene rings is 1. The van der Waals surface area contributed by atoms with Gasteiger partial charge in [0.1, 0.15) is 18.1 Å². The van der Waals surface area contributed by atoms with Crippen molar-refractivity contribution >= 4 is 17.7 Å². The van der Waals surface area contributed by atoms with Gasteiger partial charge in [-0.2, -0.15) is 0 Å². The first-order chi connectivity index (χ1) is 11.1. The van der Waals surface area contributed by atoms with Gasteiger partial charge in [0, 0.05) is 7.05 Å². The van der Waals surface area contributed by atoms with Crippen LogP contribution in [0.4, 0.5) is 0 Å². The zero-order valence-electron chi connectivity index (χ0n) is 14.9. The van der Waals surface area contributed by atoms with Gasteiger partial charge in [-0.25, -0.2) is 4.79 Å². The third-order valence-corrected chi connectivity index (χ3v) is 4.03. The van der Waals surface area contributed by atoms with Crippen molar-refractivity contribution in [2.45, 2.75) is 46.4 Å². The maximum absolute atomic E-state index is 12.6. The third kappa shape index (κ3) is 4.64. The standard InChI is InChI=1S/C18H26N2O4/c1-12(19)15(21)18(3,4)17(23)20(5)13(2)16(22)24-11-14-9-7-6-8-10-14/h6-10,12-13H,11,19H2,1-5H3/t12-,13-/m0/s1. The SMILES string of the molecule is C[C@H](N)C(=O)C(C)(C)C(=O)N(C)[C@@H](C)C(=O)OCc1ccccc1. The van der Waals surface area contributed by atoms with E-state index in [9.17, 15) is 14.4 Å². The molecule has 0 aromatic heterocycles.